The molecule has 0 heterocycles. The van der Waals surface area contributed by atoms with Crippen LogP contribution in [0.5, 0.6) is 0 Å². The molecule has 2 rings (SSSR count). The quantitative estimate of drug-likeness (QED) is 0.664. The van der Waals surface area contributed by atoms with E-state index >= 15 is 0 Å². The second-order valence-corrected chi connectivity index (χ2v) is 6.12. The lowest BCUT2D eigenvalue weighted by atomic mass is 9.96. The molecule has 1 aromatic rings. The highest BCUT2D eigenvalue weighted by Crippen LogP contribution is 2.26. The fraction of sp³-hybridized carbons (Fsp3) is 0.500. The van der Waals surface area contributed by atoms with Gasteiger partial charge < -0.3 is 21.7 Å². The van der Waals surface area contributed by atoms with Gasteiger partial charge in [0.2, 0.25) is 5.91 Å². The van der Waals surface area contributed by atoms with Crippen molar-refractivity contribution >= 4 is 34.9 Å². The van der Waals surface area contributed by atoms with Crippen LogP contribution in [0.1, 0.15) is 38.5 Å². The fourth-order valence-electron chi connectivity index (χ4n) is 2.64. The van der Waals surface area contributed by atoms with Crippen molar-refractivity contribution in [1.29, 1.82) is 0 Å². The van der Waals surface area contributed by atoms with Crippen molar-refractivity contribution in [2.45, 2.75) is 44.6 Å². The average Bonchev–Trinajstić information content (AvgIpc) is 2.51. The van der Waals surface area contributed by atoms with Crippen LogP contribution < -0.4 is 21.7 Å². The molecule has 1 aliphatic carbocycles. The van der Waals surface area contributed by atoms with Crippen molar-refractivity contribution in [1.82, 2.24) is 5.32 Å². The second-order valence-electron chi connectivity index (χ2n) is 5.71. The Bertz CT molecular complexity index is 559. The number of carbonyl (C=O) groups is 2. The number of rotatable bonds is 5. The van der Waals surface area contributed by atoms with Crippen molar-refractivity contribution in [2.24, 2.45) is 5.73 Å². The van der Waals surface area contributed by atoms with Crippen LogP contribution in [0.2, 0.25) is 5.02 Å². The minimum atomic E-state index is -0.251. The van der Waals surface area contributed by atoms with E-state index < -0.39 is 0 Å². The van der Waals surface area contributed by atoms with Crippen molar-refractivity contribution in [3.63, 3.8) is 0 Å². The van der Waals surface area contributed by atoms with Gasteiger partial charge in [0.15, 0.2) is 0 Å². The van der Waals surface area contributed by atoms with E-state index in [1.54, 1.807) is 18.2 Å². The number of hydrogen-bond donors (Lipinski definition) is 4. The van der Waals surface area contributed by atoms with E-state index in [-0.39, 0.29) is 24.4 Å². The lowest BCUT2D eigenvalue weighted by molar-refractivity contribution is -0.116. The van der Waals surface area contributed by atoms with E-state index in [4.69, 9.17) is 17.3 Å². The molecule has 126 valence electrons. The predicted molar refractivity (Wildman–Crippen MR) is 92.8 cm³/mol. The lowest BCUT2D eigenvalue weighted by Crippen LogP contribution is -2.39. The standard InChI is InChI=1S/C16H23ClN4O2/c17-13-10-12(19-15(22)8-9-18)6-7-14(13)21-16(23)20-11-4-2-1-3-5-11/h6-7,10-11H,1-5,8-9,18H2,(H,19,22)(H2,20,21,23). The summed E-state index contributed by atoms with van der Waals surface area (Å²) in [6.07, 6.45) is 5.84. The van der Waals surface area contributed by atoms with Crippen LogP contribution in [0, 0.1) is 0 Å². The number of urea groups is 1. The molecule has 1 saturated carbocycles. The summed E-state index contributed by atoms with van der Waals surface area (Å²) in [6, 6.07) is 4.94. The number of halogens is 1. The Kier molecular flexibility index (Phi) is 6.67. The van der Waals surface area contributed by atoms with Gasteiger partial charge in [-0.05, 0) is 31.0 Å². The molecule has 1 aliphatic rings. The number of carbonyl (C=O) groups excluding carboxylic acids is 2. The molecular weight excluding hydrogens is 316 g/mol. The summed E-state index contributed by atoms with van der Waals surface area (Å²) in [4.78, 5) is 23.5. The Labute approximate surface area is 141 Å². The second kappa shape index (κ2) is 8.74. The highest BCUT2D eigenvalue weighted by Gasteiger charge is 2.16. The maximum atomic E-state index is 12.0. The molecule has 0 saturated heterocycles. The van der Waals surface area contributed by atoms with Crippen LogP contribution in [0.3, 0.4) is 0 Å². The Morgan fingerprint density at radius 3 is 2.57 bits per heavy atom. The molecule has 0 unspecified atom stereocenters. The van der Waals surface area contributed by atoms with Crippen LogP contribution in [-0.2, 0) is 4.79 Å². The molecule has 0 aromatic heterocycles. The highest BCUT2D eigenvalue weighted by atomic mass is 35.5. The van der Waals surface area contributed by atoms with E-state index in [9.17, 15) is 9.59 Å². The first-order chi connectivity index (χ1) is 11.1. The van der Waals surface area contributed by atoms with Gasteiger partial charge in [0.25, 0.3) is 0 Å². The van der Waals surface area contributed by atoms with Crippen molar-refractivity contribution in [3.8, 4) is 0 Å². The number of amides is 3. The maximum Gasteiger partial charge on any atom is 0.319 e. The first kappa shape index (κ1) is 17.6. The Morgan fingerprint density at radius 1 is 1.17 bits per heavy atom. The van der Waals surface area contributed by atoms with Crippen LogP contribution in [0.4, 0.5) is 16.2 Å². The molecule has 0 aliphatic heterocycles. The molecule has 0 bridgehead atoms. The van der Waals surface area contributed by atoms with Crippen LogP contribution in [0.15, 0.2) is 18.2 Å². The summed E-state index contributed by atoms with van der Waals surface area (Å²) < 4.78 is 0. The van der Waals surface area contributed by atoms with Gasteiger partial charge in [-0.2, -0.15) is 0 Å². The van der Waals surface area contributed by atoms with Gasteiger partial charge in [-0.1, -0.05) is 30.9 Å². The zero-order chi connectivity index (χ0) is 16.7. The van der Waals surface area contributed by atoms with Gasteiger partial charge in [0.05, 0.1) is 10.7 Å². The smallest absolute Gasteiger partial charge is 0.319 e. The Hall–Kier alpha value is -1.79. The normalized spacial score (nSPS) is 15.0. The third-order valence-electron chi connectivity index (χ3n) is 3.81. The summed E-state index contributed by atoms with van der Waals surface area (Å²) in [5.41, 5.74) is 6.41. The molecule has 1 aromatic carbocycles. The minimum Gasteiger partial charge on any atom is -0.335 e. The molecule has 0 spiro atoms. The summed E-state index contributed by atoms with van der Waals surface area (Å²) in [7, 11) is 0. The largest absolute Gasteiger partial charge is 0.335 e. The first-order valence-electron chi connectivity index (χ1n) is 7.95. The predicted octanol–water partition coefficient (Wildman–Crippen LogP) is 3.08. The molecule has 3 amide bonds. The SMILES string of the molecule is NCCC(=O)Nc1ccc(NC(=O)NC2CCCCC2)c(Cl)c1. The molecule has 7 heteroatoms. The monoisotopic (exact) mass is 338 g/mol. The van der Waals surface area contributed by atoms with Crippen LogP contribution >= 0.6 is 11.6 Å². The highest BCUT2D eigenvalue weighted by molar-refractivity contribution is 6.34. The van der Waals surface area contributed by atoms with E-state index in [1.165, 1.54) is 6.42 Å². The number of nitrogens with two attached hydrogens (primary N) is 1. The van der Waals surface area contributed by atoms with Crippen LogP contribution in [-0.4, -0.2) is 24.5 Å². The number of hydrogen-bond acceptors (Lipinski definition) is 3. The summed E-state index contributed by atoms with van der Waals surface area (Å²) in [5, 5.41) is 8.78. The maximum absolute atomic E-state index is 12.0. The van der Waals surface area contributed by atoms with Gasteiger partial charge >= 0.3 is 6.03 Å². The van der Waals surface area contributed by atoms with E-state index in [0.717, 1.165) is 25.7 Å². The van der Waals surface area contributed by atoms with Crippen molar-refractivity contribution in [3.05, 3.63) is 23.2 Å². The van der Waals surface area contributed by atoms with E-state index in [0.29, 0.717) is 22.9 Å². The zero-order valence-corrected chi connectivity index (χ0v) is 13.8. The van der Waals surface area contributed by atoms with E-state index in [1.807, 2.05) is 0 Å². The zero-order valence-electron chi connectivity index (χ0n) is 13.0. The molecule has 0 atom stereocenters. The van der Waals surface area contributed by atoms with Crippen molar-refractivity contribution in [2.75, 3.05) is 17.2 Å². The Balaban J connectivity index is 1.89. The average molecular weight is 339 g/mol. The Morgan fingerprint density at radius 2 is 1.91 bits per heavy atom. The topological polar surface area (TPSA) is 96.2 Å². The van der Waals surface area contributed by atoms with E-state index in [2.05, 4.69) is 16.0 Å². The third-order valence-corrected chi connectivity index (χ3v) is 4.13. The number of nitrogens with one attached hydrogen (secondary N) is 3. The molecule has 23 heavy (non-hydrogen) atoms. The summed E-state index contributed by atoms with van der Waals surface area (Å²) >= 11 is 6.16. The molecule has 1 fully saturated rings. The third kappa shape index (κ3) is 5.73. The fourth-order valence-corrected chi connectivity index (χ4v) is 2.87. The summed E-state index contributed by atoms with van der Waals surface area (Å²) in [6.45, 7) is 0.292. The molecule has 6 nitrogen and oxygen atoms in total. The summed E-state index contributed by atoms with van der Waals surface area (Å²) in [5.74, 6) is -0.167. The first-order valence-corrected chi connectivity index (χ1v) is 8.33. The van der Waals surface area contributed by atoms with Gasteiger partial charge in [-0.3, -0.25) is 4.79 Å². The molecular formula is C16H23ClN4O2. The number of anilines is 2. The van der Waals surface area contributed by atoms with Gasteiger partial charge in [-0.15, -0.1) is 0 Å². The number of benzene rings is 1. The van der Waals surface area contributed by atoms with Crippen LogP contribution in [0.25, 0.3) is 0 Å². The van der Waals surface area contributed by atoms with Gasteiger partial charge in [0.1, 0.15) is 0 Å². The van der Waals surface area contributed by atoms with Crippen molar-refractivity contribution < 1.29 is 9.59 Å². The molecule has 5 N–H and O–H groups in total. The molecule has 0 radical (unpaired) electrons. The van der Waals surface area contributed by atoms with Gasteiger partial charge in [-0.25, -0.2) is 4.79 Å². The lowest BCUT2D eigenvalue weighted by Gasteiger charge is -2.23. The minimum absolute atomic E-state index is 0.167. The van der Waals surface area contributed by atoms with Gasteiger partial charge in [0, 0.05) is 24.7 Å².